The molecule has 2 heteroatoms. The number of rotatable bonds is 4. The van der Waals surface area contributed by atoms with Gasteiger partial charge in [0.1, 0.15) is 12.4 Å². The van der Waals surface area contributed by atoms with Gasteiger partial charge in [-0.3, -0.25) is 0 Å². The van der Waals surface area contributed by atoms with E-state index < -0.39 is 0 Å². The van der Waals surface area contributed by atoms with Crippen LogP contribution < -0.4 is 0 Å². The first-order valence-electron chi connectivity index (χ1n) is 7.40. The maximum Gasteiger partial charge on any atom is 0.148 e. The summed E-state index contributed by atoms with van der Waals surface area (Å²) in [6.45, 7) is 3.12. The van der Waals surface area contributed by atoms with Crippen molar-refractivity contribution in [3.63, 3.8) is 0 Å². The van der Waals surface area contributed by atoms with E-state index in [0.717, 1.165) is 37.1 Å². The number of ether oxygens (including phenoxy) is 1. The highest BCUT2D eigenvalue weighted by Gasteiger charge is 2.30. The maximum atomic E-state index is 10.6. The molecule has 17 heavy (non-hydrogen) atoms. The molecule has 1 aliphatic carbocycles. The molecular formula is C15H26O2. The summed E-state index contributed by atoms with van der Waals surface area (Å²) in [7, 11) is 0. The van der Waals surface area contributed by atoms with Gasteiger partial charge in [0.2, 0.25) is 0 Å². The number of hydrogen-bond acceptors (Lipinski definition) is 2. The fourth-order valence-electron chi connectivity index (χ4n) is 3.63. The van der Waals surface area contributed by atoms with E-state index in [1.54, 1.807) is 0 Å². The molecule has 1 saturated carbocycles. The number of hydrogen-bond donors (Lipinski definition) is 0. The van der Waals surface area contributed by atoms with Crippen LogP contribution in [0.2, 0.25) is 0 Å². The molecule has 1 heterocycles. The molecule has 0 aromatic heterocycles. The van der Waals surface area contributed by atoms with Gasteiger partial charge in [-0.1, -0.05) is 32.6 Å². The zero-order chi connectivity index (χ0) is 12.1. The molecule has 98 valence electrons. The lowest BCUT2D eigenvalue weighted by Gasteiger charge is -2.36. The van der Waals surface area contributed by atoms with Crippen LogP contribution in [-0.2, 0) is 9.53 Å². The third kappa shape index (κ3) is 3.54. The van der Waals surface area contributed by atoms with Crippen LogP contribution >= 0.6 is 0 Å². The Bertz CT molecular complexity index is 223. The van der Waals surface area contributed by atoms with E-state index >= 15 is 0 Å². The van der Waals surface area contributed by atoms with Crippen molar-refractivity contribution in [1.82, 2.24) is 0 Å². The molecule has 1 saturated heterocycles. The highest BCUT2D eigenvalue weighted by Crippen LogP contribution is 2.38. The standard InChI is InChI=1S/C15H26O2/c1-2-3-12-4-6-13(7-5-12)14-8-9-15(10-16)17-11-14/h10,12-15H,2-9,11H2,1H3. The minimum atomic E-state index is -0.109. The Morgan fingerprint density at radius 2 is 1.76 bits per heavy atom. The summed E-state index contributed by atoms with van der Waals surface area (Å²) in [5, 5.41) is 0. The quantitative estimate of drug-likeness (QED) is 0.700. The second-order valence-corrected chi connectivity index (χ2v) is 5.91. The SMILES string of the molecule is CCCC1CCC(C2CCC(C=O)OC2)CC1. The zero-order valence-corrected chi connectivity index (χ0v) is 11.1. The van der Waals surface area contributed by atoms with Crippen molar-refractivity contribution in [2.24, 2.45) is 17.8 Å². The van der Waals surface area contributed by atoms with Gasteiger partial charge in [0.15, 0.2) is 0 Å². The van der Waals surface area contributed by atoms with Gasteiger partial charge in [0, 0.05) is 0 Å². The molecule has 0 amide bonds. The molecule has 1 aliphatic heterocycles. The summed E-state index contributed by atoms with van der Waals surface area (Å²) in [6.07, 6.45) is 11.4. The lowest BCUT2D eigenvalue weighted by molar-refractivity contribution is -0.124. The van der Waals surface area contributed by atoms with Crippen LogP contribution in [0.1, 0.15) is 58.3 Å². The molecule has 0 bridgehead atoms. The highest BCUT2D eigenvalue weighted by molar-refractivity contribution is 5.55. The molecule has 2 nitrogen and oxygen atoms in total. The molecule has 0 radical (unpaired) electrons. The smallest absolute Gasteiger partial charge is 0.148 e. The molecule has 2 fully saturated rings. The summed E-state index contributed by atoms with van der Waals surface area (Å²) in [5.74, 6) is 2.59. The van der Waals surface area contributed by atoms with Gasteiger partial charge < -0.3 is 9.53 Å². The molecule has 0 aromatic carbocycles. The molecule has 0 aromatic rings. The average Bonchev–Trinajstić information content (AvgIpc) is 2.40. The molecule has 2 unspecified atom stereocenters. The van der Waals surface area contributed by atoms with Crippen LogP contribution in [0.3, 0.4) is 0 Å². The van der Waals surface area contributed by atoms with Gasteiger partial charge in [0.05, 0.1) is 6.61 Å². The molecule has 0 spiro atoms. The molecule has 0 N–H and O–H groups in total. The van der Waals surface area contributed by atoms with Gasteiger partial charge >= 0.3 is 0 Å². The minimum Gasteiger partial charge on any atom is -0.370 e. The lowest BCUT2D eigenvalue weighted by Crippen LogP contribution is -2.33. The van der Waals surface area contributed by atoms with E-state index in [2.05, 4.69) is 6.92 Å². The van der Waals surface area contributed by atoms with Gasteiger partial charge in [-0.15, -0.1) is 0 Å². The second-order valence-electron chi connectivity index (χ2n) is 5.91. The van der Waals surface area contributed by atoms with E-state index in [1.807, 2.05) is 0 Å². The second kappa shape index (κ2) is 6.53. The first-order chi connectivity index (χ1) is 8.33. The Kier molecular flexibility index (Phi) is 5.02. The lowest BCUT2D eigenvalue weighted by atomic mass is 9.73. The maximum absolute atomic E-state index is 10.6. The number of carbonyl (C=O) groups is 1. The van der Waals surface area contributed by atoms with Crippen LogP contribution in [-0.4, -0.2) is 19.0 Å². The van der Waals surface area contributed by atoms with Crippen molar-refractivity contribution in [2.75, 3.05) is 6.61 Å². The third-order valence-corrected chi connectivity index (χ3v) is 4.75. The van der Waals surface area contributed by atoms with Gasteiger partial charge in [-0.05, 0) is 43.4 Å². The highest BCUT2D eigenvalue weighted by atomic mass is 16.5. The van der Waals surface area contributed by atoms with Crippen molar-refractivity contribution in [1.29, 1.82) is 0 Å². The predicted molar refractivity (Wildman–Crippen MR) is 68.9 cm³/mol. The first kappa shape index (κ1) is 13.1. The van der Waals surface area contributed by atoms with Crippen molar-refractivity contribution in [3.8, 4) is 0 Å². The number of aldehydes is 1. The third-order valence-electron chi connectivity index (χ3n) is 4.75. The largest absolute Gasteiger partial charge is 0.370 e. The predicted octanol–water partition coefficient (Wildman–Crippen LogP) is 3.59. The van der Waals surface area contributed by atoms with E-state index in [4.69, 9.17) is 4.74 Å². The monoisotopic (exact) mass is 238 g/mol. The van der Waals surface area contributed by atoms with E-state index in [0.29, 0.717) is 0 Å². The average molecular weight is 238 g/mol. The van der Waals surface area contributed by atoms with E-state index in [1.165, 1.54) is 44.9 Å². The van der Waals surface area contributed by atoms with Gasteiger partial charge in [-0.2, -0.15) is 0 Å². The Morgan fingerprint density at radius 1 is 1.06 bits per heavy atom. The Balaban J connectivity index is 1.72. The minimum absolute atomic E-state index is 0.109. The van der Waals surface area contributed by atoms with Crippen LogP contribution in [0.5, 0.6) is 0 Å². The molecule has 2 rings (SSSR count). The van der Waals surface area contributed by atoms with Crippen molar-refractivity contribution in [3.05, 3.63) is 0 Å². The Morgan fingerprint density at radius 3 is 2.29 bits per heavy atom. The van der Waals surface area contributed by atoms with Gasteiger partial charge in [0.25, 0.3) is 0 Å². The summed E-state index contributed by atoms with van der Waals surface area (Å²) in [5.41, 5.74) is 0. The summed E-state index contributed by atoms with van der Waals surface area (Å²) >= 11 is 0. The topological polar surface area (TPSA) is 26.3 Å². The fourth-order valence-corrected chi connectivity index (χ4v) is 3.63. The molecular weight excluding hydrogens is 212 g/mol. The fraction of sp³-hybridized carbons (Fsp3) is 0.933. The summed E-state index contributed by atoms with van der Waals surface area (Å²) < 4.78 is 5.60. The Labute approximate surface area is 105 Å². The Hall–Kier alpha value is -0.370. The van der Waals surface area contributed by atoms with Crippen molar-refractivity contribution in [2.45, 2.75) is 64.4 Å². The summed E-state index contributed by atoms with van der Waals surface area (Å²) in [6, 6.07) is 0. The van der Waals surface area contributed by atoms with Crippen molar-refractivity contribution < 1.29 is 9.53 Å². The first-order valence-corrected chi connectivity index (χ1v) is 7.40. The zero-order valence-electron chi connectivity index (χ0n) is 11.1. The van der Waals surface area contributed by atoms with Crippen LogP contribution in [0.15, 0.2) is 0 Å². The van der Waals surface area contributed by atoms with Crippen LogP contribution in [0.25, 0.3) is 0 Å². The molecule has 2 aliphatic rings. The van der Waals surface area contributed by atoms with E-state index in [9.17, 15) is 4.79 Å². The molecule has 2 atom stereocenters. The normalized spacial score (nSPS) is 38.9. The van der Waals surface area contributed by atoms with E-state index in [-0.39, 0.29) is 6.10 Å². The van der Waals surface area contributed by atoms with Crippen LogP contribution in [0.4, 0.5) is 0 Å². The van der Waals surface area contributed by atoms with Crippen molar-refractivity contribution >= 4 is 6.29 Å². The van der Waals surface area contributed by atoms with Gasteiger partial charge in [-0.25, -0.2) is 0 Å². The summed E-state index contributed by atoms with van der Waals surface area (Å²) in [4.78, 5) is 10.6. The van der Waals surface area contributed by atoms with Crippen LogP contribution in [0, 0.1) is 17.8 Å². The number of carbonyl (C=O) groups excluding carboxylic acids is 1.